The molecule has 0 radical (unpaired) electrons. The molecule has 0 bridgehead atoms. The molecule has 1 saturated carbocycles. The van der Waals surface area contributed by atoms with Gasteiger partial charge >= 0.3 is 0 Å². The summed E-state index contributed by atoms with van der Waals surface area (Å²) in [6, 6.07) is 10.8. The van der Waals surface area contributed by atoms with Gasteiger partial charge in [0.2, 0.25) is 15.9 Å². The van der Waals surface area contributed by atoms with Gasteiger partial charge in [-0.25, -0.2) is 18.5 Å². The maximum atomic E-state index is 11.7. The van der Waals surface area contributed by atoms with Crippen LogP contribution in [0.25, 0.3) is 0 Å². The lowest BCUT2D eigenvalue weighted by Crippen LogP contribution is -2.14. The van der Waals surface area contributed by atoms with Crippen molar-refractivity contribution in [3.8, 4) is 5.88 Å². The minimum Gasteiger partial charge on any atom is -0.475 e. The average Bonchev–Trinajstić information content (AvgIpc) is 3.27. The fraction of sp³-hybridized carbons (Fsp3) is 0.353. The van der Waals surface area contributed by atoms with Gasteiger partial charge in [-0.3, -0.25) is 0 Å². The van der Waals surface area contributed by atoms with E-state index in [-0.39, 0.29) is 22.8 Å². The Bertz CT molecular complexity index is 801. The molecule has 6 heteroatoms. The Labute approximate surface area is 136 Å². The molecular weight excluding hydrogens is 312 g/mol. The first-order valence-electron chi connectivity index (χ1n) is 7.60. The number of ether oxygens (including phenoxy) is 1. The summed E-state index contributed by atoms with van der Waals surface area (Å²) in [7, 11) is -3.70. The molecule has 2 N–H and O–H groups in total. The van der Waals surface area contributed by atoms with E-state index in [0.29, 0.717) is 5.88 Å². The van der Waals surface area contributed by atoms with E-state index in [1.54, 1.807) is 12.1 Å². The minimum absolute atomic E-state index is 0.0867. The molecule has 2 unspecified atom stereocenters. The van der Waals surface area contributed by atoms with E-state index in [9.17, 15) is 8.42 Å². The van der Waals surface area contributed by atoms with Gasteiger partial charge in [0.05, 0.1) is 11.0 Å². The van der Waals surface area contributed by atoms with Gasteiger partial charge in [-0.1, -0.05) is 24.3 Å². The van der Waals surface area contributed by atoms with Gasteiger partial charge in [-0.15, -0.1) is 0 Å². The second kappa shape index (κ2) is 5.94. The van der Waals surface area contributed by atoms with Crippen LogP contribution in [-0.2, 0) is 10.0 Å². The molecule has 2 aromatic rings. The van der Waals surface area contributed by atoms with Crippen LogP contribution in [-0.4, -0.2) is 19.5 Å². The lowest BCUT2D eigenvalue weighted by molar-refractivity contribution is 0.232. The van der Waals surface area contributed by atoms with Crippen LogP contribution in [0.3, 0.4) is 0 Å². The number of sulfonamides is 1. The van der Waals surface area contributed by atoms with Gasteiger partial charge in [0, 0.05) is 12.3 Å². The smallest absolute Gasteiger partial charge is 0.238 e. The summed E-state index contributed by atoms with van der Waals surface area (Å²) < 4.78 is 29.0. The summed E-state index contributed by atoms with van der Waals surface area (Å²) in [5.74, 6) is 1.05. The Morgan fingerprint density at radius 2 is 1.91 bits per heavy atom. The largest absolute Gasteiger partial charge is 0.475 e. The molecule has 1 fully saturated rings. The molecule has 3 rings (SSSR count). The van der Waals surface area contributed by atoms with Crippen molar-refractivity contribution in [1.29, 1.82) is 0 Å². The van der Waals surface area contributed by atoms with Crippen molar-refractivity contribution < 1.29 is 13.2 Å². The zero-order valence-electron chi connectivity index (χ0n) is 13.1. The minimum atomic E-state index is -3.70. The molecule has 0 amide bonds. The Morgan fingerprint density at radius 3 is 2.52 bits per heavy atom. The molecule has 0 saturated heterocycles. The first-order valence-corrected chi connectivity index (χ1v) is 9.15. The molecule has 1 aliphatic rings. The van der Waals surface area contributed by atoms with E-state index < -0.39 is 10.0 Å². The summed E-state index contributed by atoms with van der Waals surface area (Å²) >= 11 is 0. The van der Waals surface area contributed by atoms with Crippen molar-refractivity contribution in [1.82, 2.24) is 4.98 Å². The Balaban J connectivity index is 1.80. The quantitative estimate of drug-likeness (QED) is 0.912. The number of rotatable bonds is 5. The summed E-state index contributed by atoms with van der Waals surface area (Å²) in [5.41, 5.74) is 1.89. The fourth-order valence-corrected chi connectivity index (χ4v) is 3.69. The Morgan fingerprint density at radius 1 is 1.17 bits per heavy atom. The molecule has 1 aromatic heterocycles. The van der Waals surface area contributed by atoms with Crippen LogP contribution in [0.15, 0.2) is 47.5 Å². The highest BCUT2D eigenvalue weighted by atomic mass is 32.2. The molecule has 1 aromatic carbocycles. The number of hydrogen-bond acceptors (Lipinski definition) is 4. The van der Waals surface area contributed by atoms with Crippen molar-refractivity contribution >= 4 is 10.0 Å². The van der Waals surface area contributed by atoms with Gasteiger partial charge in [-0.2, -0.15) is 0 Å². The second-order valence-electron chi connectivity index (χ2n) is 6.13. The lowest BCUT2D eigenvalue weighted by atomic mass is 10.1. The maximum Gasteiger partial charge on any atom is 0.238 e. The number of hydrogen-bond donors (Lipinski definition) is 1. The normalized spacial score (nSPS) is 20.5. The summed E-state index contributed by atoms with van der Waals surface area (Å²) in [6.45, 7) is 3.91. The van der Waals surface area contributed by atoms with Crippen LogP contribution in [0.5, 0.6) is 5.88 Å². The number of primary sulfonamides is 1. The lowest BCUT2D eigenvalue weighted by Gasteiger charge is -2.09. The summed E-state index contributed by atoms with van der Waals surface area (Å²) in [6.07, 6.45) is 2.80. The van der Waals surface area contributed by atoms with Gasteiger partial charge in [0.15, 0.2) is 0 Å². The fourth-order valence-electron chi connectivity index (χ4n) is 2.88. The molecule has 23 heavy (non-hydrogen) atoms. The number of pyridine rings is 1. The SMILES string of the molecule is CC(C)Oc1ccc(C2CC2c2ccccc2S(N)(=O)=O)cn1. The van der Waals surface area contributed by atoms with Crippen LogP contribution in [0.1, 0.15) is 43.2 Å². The summed E-state index contributed by atoms with van der Waals surface area (Å²) in [4.78, 5) is 4.54. The first kappa shape index (κ1) is 16.0. The van der Waals surface area contributed by atoms with E-state index in [1.807, 2.05) is 44.3 Å². The Hall–Kier alpha value is -1.92. The zero-order chi connectivity index (χ0) is 16.6. The van der Waals surface area contributed by atoms with Gasteiger partial charge in [0.25, 0.3) is 0 Å². The summed E-state index contributed by atoms with van der Waals surface area (Å²) in [5, 5.41) is 5.32. The molecule has 0 spiro atoms. The topological polar surface area (TPSA) is 82.3 Å². The second-order valence-corrected chi connectivity index (χ2v) is 7.66. The van der Waals surface area contributed by atoms with Crippen molar-refractivity contribution in [2.75, 3.05) is 0 Å². The zero-order valence-corrected chi connectivity index (χ0v) is 14.0. The molecule has 0 aliphatic heterocycles. The highest BCUT2D eigenvalue weighted by Crippen LogP contribution is 2.55. The van der Waals surface area contributed by atoms with E-state index in [1.165, 1.54) is 0 Å². The number of aromatic nitrogens is 1. The van der Waals surface area contributed by atoms with Gasteiger partial charge in [0.1, 0.15) is 0 Å². The molecule has 1 aliphatic carbocycles. The van der Waals surface area contributed by atoms with Crippen molar-refractivity contribution in [2.24, 2.45) is 5.14 Å². The van der Waals surface area contributed by atoms with E-state index in [4.69, 9.17) is 9.88 Å². The van der Waals surface area contributed by atoms with Crippen LogP contribution >= 0.6 is 0 Å². The number of benzene rings is 1. The Kier molecular flexibility index (Phi) is 4.12. The molecule has 1 heterocycles. The van der Waals surface area contributed by atoms with Crippen LogP contribution in [0.2, 0.25) is 0 Å². The van der Waals surface area contributed by atoms with Gasteiger partial charge in [-0.05, 0) is 49.3 Å². The van der Waals surface area contributed by atoms with Crippen molar-refractivity contribution in [2.45, 2.75) is 43.1 Å². The third kappa shape index (κ3) is 3.54. The van der Waals surface area contributed by atoms with E-state index >= 15 is 0 Å². The predicted octanol–water partition coefficient (Wildman–Crippen LogP) is 2.79. The molecule has 2 atom stereocenters. The van der Waals surface area contributed by atoms with Crippen molar-refractivity contribution in [3.05, 3.63) is 53.7 Å². The van der Waals surface area contributed by atoms with Gasteiger partial charge < -0.3 is 4.74 Å². The van der Waals surface area contributed by atoms with Crippen LogP contribution < -0.4 is 9.88 Å². The van der Waals surface area contributed by atoms with Crippen LogP contribution in [0.4, 0.5) is 0 Å². The number of nitrogens with zero attached hydrogens (tertiary/aromatic N) is 1. The number of nitrogens with two attached hydrogens (primary N) is 1. The molecule has 5 nitrogen and oxygen atoms in total. The first-order chi connectivity index (χ1) is 10.9. The average molecular weight is 332 g/mol. The highest BCUT2D eigenvalue weighted by molar-refractivity contribution is 7.89. The molecule has 122 valence electrons. The van der Waals surface area contributed by atoms with E-state index in [2.05, 4.69) is 4.98 Å². The third-order valence-electron chi connectivity index (χ3n) is 3.96. The molecular formula is C17H20N2O3S. The van der Waals surface area contributed by atoms with Crippen LogP contribution in [0, 0.1) is 0 Å². The van der Waals surface area contributed by atoms with Crippen molar-refractivity contribution in [3.63, 3.8) is 0 Å². The highest BCUT2D eigenvalue weighted by Gasteiger charge is 2.41. The third-order valence-corrected chi connectivity index (χ3v) is 4.94. The van der Waals surface area contributed by atoms with E-state index in [0.717, 1.165) is 17.5 Å². The standard InChI is InChI=1S/C17H20N2O3S/c1-11(2)22-17-8-7-12(10-19-17)14-9-15(14)13-5-3-4-6-16(13)23(18,20)21/h3-8,10-11,14-15H,9H2,1-2H3,(H2,18,20,21). The predicted molar refractivity (Wildman–Crippen MR) is 87.9 cm³/mol. The monoisotopic (exact) mass is 332 g/mol. The maximum absolute atomic E-state index is 11.7.